The quantitative estimate of drug-likeness (QED) is 0.304. The Morgan fingerprint density at radius 2 is 1.85 bits per heavy atom. The van der Waals surface area contributed by atoms with Crippen molar-refractivity contribution in [2.75, 3.05) is 13.2 Å². The van der Waals surface area contributed by atoms with Crippen molar-refractivity contribution in [2.45, 2.75) is 32.7 Å². The van der Waals surface area contributed by atoms with Crippen LogP contribution in [-0.4, -0.2) is 28.6 Å². The topological polar surface area (TPSA) is 56.1 Å². The van der Waals surface area contributed by atoms with Crippen LogP contribution in [0.1, 0.15) is 41.5 Å². The minimum atomic E-state index is -0.0902. The number of aromatic nitrogens is 2. The molecule has 0 saturated heterocycles. The molecule has 0 saturated carbocycles. The second-order valence-corrected chi connectivity index (χ2v) is 9.14. The molecule has 0 spiro atoms. The van der Waals surface area contributed by atoms with E-state index in [2.05, 4.69) is 51.8 Å². The van der Waals surface area contributed by atoms with Crippen LogP contribution >= 0.6 is 15.9 Å². The maximum Gasteiger partial charge on any atom is 0.251 e. The van der Waals surface area contributed by atoms with Gasteiger partial charge in [0.15, 0.2) is 0 Å². The first-order valence-corrected chi connectivity index (χ1v) is 12.0. The molecular weight excluding hydrogens is 478 g/mol. The van der Waals surface area contributed by atoms with Crippen molar-refractivity contribution in [2.24, 2.45) is 0 Å². The van der Waals surface area contributed by atoms with Crippen molar-refractivity contribution in [3.8, 4) is 5.75 Å². The summed E-state index contributed by atoms with van der Waals surface area (Å²) in [6, 6.07) is 23.7. The zero-order valence-corrected chi connectivity index (χ0v) is 20.5. The predicted octanol–water partition coefficient (Wildman–Crippen LogP) is 5.97. The van der Waals surface area contributed by atoms with Gasteiger partial charge in [0.2, 0.25) is 0 Å². The second-order valence-electron chi connectivity index (χ2n) is 8.23. The van der Waals surface area contributed by atoms with Gasteiger partial charge in [0, 0.05) is 23.0 Å². The number of ether oxygens (including phenoxy) is 1. The summed E-state index contributed by atoms with van der Waals surface area (Å²) in [5.74, 6) is 2.18. The molecule has 170 valence electrons. The molecule has 0 bridgehead atoms. The number of hydrogen-bond acceptors (Lipinski definition) is 3. The van der Waals surface area contributed by atoms with Gasteiger partial charge in [-0.2, -0.15) is 0 Å². The molecule has 4 rings (SSSR count). The number of fused-ring (bicyclic) bond motifs is 1. The molecule has 3 aromatic carbocycles. The van der Waals surface area contributed by atoms with Crippen molar-refractivity contribution in [3.05, 3.63) is 94.2 Å². The van der Waals surface area contributed by atoms with Gasteiger partial charge < -0.3 is 14.6 Å². The lowest BCUT2D eigenvalue weighted by atomic mass is 10.0. The monoisotopic (exact) mass is 505 g/mol. The van der Waals surface area contributed by atoms with Gasteiger partial charge in [-0.05, 0) is 47.9 Å². The predicted molar refractivity (Wildman–Crippen MR) is 136 cm³/mol. The van der Waals surface area contributed by atoms with E-state index in [1.165, 1.54) is 5.56 Å². The molecule has 0 radical (unpaired) electrons. The van der Waals surface area contributed by atoms with E-state index in [0.717, 1.165) is 27.1 Å². The molecule has 0 atom stereocenters. The summed E-state index contributed by atoms with van der Waals surface area (Å²) in [4.78, 5) is 17.3. The number of nitrogens with zero attached hydrogens (tertiary/aromatic N) is 2. The third-order valence-electron chi connectivity index (χ3n) is 5.57. The van der Waals surface area contributed by atoms with E-state index in [4.69, 9.17) is 9.72 Å². The number of para-hydroxylation sites is 3. The molecule has 0 aliphatic carbocycles. The number of halogens is 1. The van der Waals surface area contributed by atoms with E-state index < -0.39 is 0 Å². The van der Waals surface area contributed by atoms with Crippen LogP contribution in [0.2, 0.25) is 0 Å². The number of nitrogens with one attached hydrogen (secondary N) is 1. The molecule has 0 unspecified atom stereocenters. The normalized spacial score (nSPS) is 11.2. The average Bonchev–Trinajstić information content (AvgIpc) is 3.16. The first-order chi connectivity index (χ1) is 16.0. The highest BCUT2D eigenvalue weighted by molar-refractivity contribution is 9.10. The highest BCUT2D eigenvalue weighted by atomic mass is 79.9. The van der Waals surface area contributed by atoms with E-state index in [1.807, 2.05) is 60.7 Å². The lowest BCUT2D eigenvalue weighted by molar-refractivity contribution is 0.0954. The van der Waals surface area contributed by atoms with Crippen molar-refractivity contribution in [1.82, 2.24) is 14.9 Å². The number of benzene rings is 3. The second kappa shape index (κ2) is 10.7. The van der Waals surface area contributed by atoms with Crippen LogP contribution in [0, 0.1) is 0 Å². The fraction of sp³-hybridized carbons (Fsp3) is 0.259. The smallest absolute Gasteiger partial charge is 0.251 e. The first-order valence-electron chi connectivity index (χ1n) is 11.2. The maximum absolute atomic E-state index is 12.5. The largest absolute Gasteiger partial charge is 0.491 e. The van der Waals surface area contributed by atoms with Crippen LogP contribution in [0.15, 0.2) is 77.3 Å². The third kappa shape index (κ3) is 5.63. The third-order valence-corrected chi connectivity index (χ3v) is 6.06. The molecule has 5 nitrogen and oxygen atoms in total. The van der Waals surface area contributed by atoms with Crippen LogP contribution in [0.4, 0.5) is 0 Å². The van der Waals surface area contributed by atoms with E-state index >= 15 is 0 Å². The fourth-order valence-corrected chi connectivity index (χ4v) is 4.32. The van der Waals surface area contributed by atoms with Gasteiger partial charge >= 0.3 is 0 Å². The fourth-order valence-electron chi connectivity index (χ4n) is 3.92. The van der Waals surface area contributed by atoms with E-state index in [1.54, 1.807) is 0 Å². The van der Waals surface area contributed by atoms with Gasteiger partial charge in [-0.1, -0.05) is 66.2 Å². The SMILES string of the molecule is CC(C)c1ccccc1OCCn1c(CCNC(=O)c2cccc(Br)c2)nc2ccccc21. The summed E-state index contributed by atoms with van der Waals surface area (Å²) in [6.07, 6.45) is 0.636. The molecule has 4 aromatic rings. The number of imidazole rings is 1. The Morgan fingerprint density at radius 1 is 1.06 bits per heavy atom. The Kier molecular flexibility index (Phi) is 7.45. The van der Waals surface area contributed by atoms with E-state index in [-0.39, 0.29) is 5.91 Å². The Balaban J connectivity index is 1.44. The van der Waals surface area contributed by atoms with Gasteiger partial charge in [-0.3, -0.25) is 4.79 Å². The summed E-state index contributed by atoms with van der Waals surface area (Å²) in [5, 5.41) is 3.00. The molecule has 33 heavy (non-hydrogen) atoms. The molecule has 0 aliphatic heterocycles. The van der Waals surface area contributed by atoms with E-state index in [0.29, 0.717) is 37.6 Å². The van der Waals surface area contributed by atoms with Gasteiger partial charge in [0.05, 0.1) is 17.6 Å². The molecule has 1 N–H and O–H groups in total. The van der Waals surface area contributed by atoms with Gasteiger partial charge in [0.25, 0.3) is 5.91 Å². The zero-order chi connectivity index (χ0) is 23.2. The first kappa shape index (κ1) is 23.1. The molecule has 1 aromatic heterocycles. The van der Waals surface area contributed by atoms with Gasteiger partial charge in [-0.25, -0.2) is 4.98 Å². The summed E-state index contributed by atoms with van der Waals surface area (Å²) in [5.41, 5.74) is 3.87. The Bertz CT molecular complexity index is 1250. The molecule has 1 amide bonds. The van der Waals surface area contributed by atoms with Crippen LogP contribution < -0.4 is 10.1 Å². The van der Waals surface area contributed by atoms with Crippen LogP contribution in [0.5, 0.6) is 5.75 Å². The zero-order valence-electron chi connectivity index (χ0n) is 18.9. The maximum atomic E-state index is 12.5. The summed E-state index contributed by atoms with van der Waals surface area (Å²) >= 11 is 3.41. The average molecular weight is 506 g/mol. The highest BCUT2D eigenvalue weighted by Crippen LogP contribution is 2.26. The van der Waals surface area contributed by atoms with Crippen molar-refractivity contribution in [3.63, 3.8) is 0 Å². The van der Waals surface area contributed by atoms with Crippen molar-refractivity contribution >= 4 is 32.9 Å². The molecule has 6 heteroatoms. The Morgan fingerprint density at radius 3 is 2.67 bits per heavy atom. The minimum Gasteiger partial charge on any atom is -0.491 e. The summed E-state index contributed by atoms with van der Waals surface area (Å²) in [6.45, 7) is 6.08. The van der Waals surface area contributed by atoms with Crippen LogP contribution in [0.25, 0.3) is 11.0 Å². The molecule has 1 heterocycles. The molecular formula is C27H28BrN3O2. The number of hydrogen-bond donors (Lipinski definition) is 1. The standard InChI is InChI=1S/C27H28BrN3O2/c1-19(2)22-10-3-6-13-25(22)33-17-16-31-24-12-5-4-11-23(24)30-26(31)14-15-29-27(32)20-8-7-9-21(28)18-20/h3-13,18-19H,14-17H2,1-2H3,(H,29,32). The van der Waals surface area contributed by atoms with E-state index in [9.17, 15) is 4.79 Å². The number of amides is 1. The summed E-state index contributed by atoms with van der Waals surface area (Å²) in [7, 11) is 0. The van der Waals surface area contributed by atoms with Crippen molar-refractivity contribution in [1.29, 1.82) is 0 Å². The highest BCUT2D eigenvalue weighted by Gasteiger charge is 2.13. The van der Waals surface area contributed by atoms with Crippen molar-refractivity contribution < 1.29 is 9.53 Å². The summed E-state index contributed by atoms with van der Waals surface area (Å²) < 4.78 is 9.24. The Labute approximate surface area is 202 Å². The van der Waals surface area contributed by atoms with Crippen LogP contribution in [-0.2, 0) is 13.0 Å². The number of rotatable bonds is 9. The minimum absolute atomic E-state index is 0.0902. The lowest BCUT2D eigenvalue weighted by Gasteiger charge is -2.15. The lowest BCUT2D eigenvalue weighted by Crippen LogP contribution is -2.26. The molecule has 0 fully saturated rings. The van der Waals surface area contributed by atoms with Gasteiger partial charge in [0.1, 0.15) is 18.2 Å². The Hall–Kier alpha value is -3.12. The number of carbonyl (C=O) groups excluding carboxylic acids is 1. The molecule has 0 aliphatic rings. The van der Waals surface area contributed by atoms with Crippen LogP contribution in [0.3, 0.4) is 0 Å². The number of carbonyl (C=O) groups is 1. The van der Waals surface area contributed by atoms with Gasteiger partial charge in [-0.15, -0.1) is 0 Å².